The number of furan rings is 1. The molecule has 0 radical (unpaired) electrons. The average Bonchev–Trinajstić information content (AvgIpc) is 2.97. The smallest absolute Gasteiger partial charge is 0.122 e. The molecule has 2 aromatic rings. The minimum Gasteiger partial charge on any atom is -0.465 e. The Morgan fingerprint density at radius 3 is 2.32 bits per heavy atom. The minimum atomic E-state index is -0.0330. The number of aryl methyl sites for hydroxylation is 1. The molecule has 3 rings (SSSR count). The van der Waals surface area contributed by atoms with Gasteiger partial charge in [0.25, 0.3) is 0 Å². The summed E-state index contributed by atoms with van der Waals surface area (Å²) in [5.41, 5.74) is 7.64. The van der Waals surface area contributed by atoms with E-state index in [0.717, 1.165) is 50.8 Å². The van der Waals surface area contributed by atoms with Gasteiger partial charge in [0.2, 0.25) is 0 Å². The molecule has 0 saturated carbocycles. The van der Waals surface area contributed by atoms with Crippen molar-refractivity contribution in [2.75, 3.05) is 32.7 Å². The van der Waals surface area contributed by atoms with Gasteiger partial charge >= 0.3 is 0 Å². The predicted octanol–water partition coefficient (Wildman–Crippen LogP) is 2.41. The van der Waals surface area contributed by atoms with Gasteiger partial charge in [0.1, 0.15) is 11.5 Å². The van der Waals surface area contributed by atoms with E-state index >= 15 is 0 Å². The number of rotatable bonds is 5. The molecule has 0 amide bonds. The average molecular weight is 299 g/mol. The summed E-state index contributed by atoms with van der Waals surface area (Å²) in [4.78, 5) is 4.94. The summed E-state index contributed by atoms with van der Waals surface area (Å²) in [6.45, 7) is 8.20. The van der Waals surface area contributed by atoms with Crippen LogP contribution in [0.4, 0.5) is 0 Å². The lowest BCUT2D eigenvalue weighted by molar-refractivity contribution is 0.120. The van der Waals surface area contributed by atoms with Crippen LogP contribution in [0.15, 0.2) is 46.9 Å². The van der Waals surface area contributed by atoms with E-state index in [0.29, 0.717) is 0 Å². The topological polar surface area (TPSA) is 45.6 Å². The highest BCUT2D eigenvalue weighted by molar-refractivity contribution is 5.14. The maximum absolute atomic E-state index is 6.25. The monoisotopic (exact) mass is 299 g/mol. The SMILES string of the molecule is Cc1ccc(C(N)CN2CCN(Cc3ccccc3)CC2)o1. The fourth-order valence-electron chi connectivity index (χ4n) is 2.99. The zero-order valence-corrected chi connectivity index (χ0v) is 13.2. The maximum atomic E-state index is 6.25. The van der Waals surface area contributed by atoms with Crippen LogP contribution in [0.1, 0.15) is 23.1 Å². The van der Waals surface area contributed by atoms with E-state index in [1.165, 1.54) is 5.56 Å². The van der Waals surface area contributed by atoms with Gasteiger partial charge in [-0.3, -0.25) is 9.80 Å². The standard InChI is InChI=1S/C18H25N3O/c1-15-7-8-18(22-15)17(19)14-21-11-9-20(10-12-21)13-16-5-3-2-4-6-16/h2-8,17H,9-14,19H2,1H3. The summed E-state index contributed by atoms with van der Waals surface area (Å²) in [6, 6.07) is 14.6. The Labute approximate surface area is 132 Å². The molecule has 1 aromatic carbocycles. The summed E-state index contributed by atoms with van der Waals surface area (Å²) < 4.78 is 5.62. The fraction of sp³-hybridized carbons (Fsp3) is 0.444. The molecule has 2 heterocycles. The Morgan fingerprint density at radius 1 is 1.00 bits per heavy atom. The summed E-state index contributed by atoms with van der Waals surface area (Å²) in [6.07, 6.45) is 0. The van der Waals surface area contributed by atoms with Gasteiger partial charge in [-0.05, 0) is 24.6 Å². The summed E-state index contributed by atoms with van der Waals surface area (Å²) in [5, 5.41) is 0. The van der Waals surface area contributed by atoms with Crippen LogP contribution in [0, 0.1) is 6.92 Å². The van der Waals surface area contributed by atoms with E-state index in [9.17, 15) is 0 Å². The van der Waals surface area contributed by atoms with E-state index in [1.54, 1.807) is 0 Å². The zero-order chi connectivity index (χ0) is 15.4. The highest BCUT2D eigenvalue weighted by Gasteiger charge is 2.20. The lowest BCUT2D eigenvalue weighted by atomic mass is 10.2. The number of hydrogen-bond donors (Lipinski definition) is 1. The number of nitrogens with zero attached hydrogens (tertiary/aromatic N) is 2. The molecule has 1 aliphatic rings. The second-order valence-electron chi connectivity index (χ2n) is 6.12. The van der Waals surface area contributed by atoms with Crippen molar-refractivity contribution in [2.24, 2.45) is 5.73 Å². The van der Waals surface area contributed by atoms with Crippen molar-refractivity contribution in [2.45, 2.75) is 19.5 Å². The minimum absolute atomic E-state index is 0.0330. The summed E-state index contributed by atoms with van der Waals surface area (Å²) in [5.74, 6) is 1.82. The van der Waals surface area contributed by atoms with Crippen LogP contribution in [0.25, 0.3) is 0 Å². The lowest BCUT2D eigenvalue weighted by Gasteiger charge is -2.35. The molecule has 0 spiro atoms. The van der Waals surface area contributed by atoms with Crippen molar-refractivity contribution in [1.82, 2.24) is 9.80 Å². The Bertz CT molecular complexity index is 573. The van der Waals surface area contributed by atoms with Crippen molar-refractivity contribution in [3.8, 4) is 0 Å². The van der Waals surface area contributed by atoms with Crippen LogP contribution < -0.4 is 5.73 Å². The number of benzene rings is 1. The maximum Gasteiger partial charge on any atom is 0.122 e. The molecule has 1 atom stereocenters. The Hall–Kier alpha value is -1.62. The van der Waals surface area contributed by atoms with Gasteiger partial charge in [0.15, 0.2) is 0 Å². The second-order valence-corrected chi connectivity index (χ2v) is 6.12. The molecular weight excluding hydrogens is 274 g/mol. The Morgan fingerprint density at radius 2 is 1.68 bits per heavy atom. The number of piperazine rings is 1. The molecule has 1 unspecified atom stereocenters. The molecule has 22 heavy (non-hydrogen) atoms. The van der Waals surface area contributed by atoms with E-state index in [1.807, 2.05) is 19.1 Å². The van der Waals surface area contributed by atoms with Crippen LogP contribution in [-0.2, 0) is 6.54 Å². The van der Waals surface area contributed by atoms with Crippen LogP contribution in [0.2, 0.25) is 0 Å². The van der Waals surface area contributed by atoms with E-state index in [-0.39, 0.29) is 6.04 Å². The first-order valence-electron chi connectivity index (χ1n) is 8.01. The highest BCUT2D eigenvalue weighted by Crippen LogP contribution is 2.16. The molecule has 118 valence electrons. The molecular formula is C18H25N3O. The highest BCUT2D eigenvalue weighted by atomic mass is 16.3. The summed E-state index contributed by atoms with van der Waals surface area (Å²) in [7, 11) is 0. The third-order valence-corrected chi connectivity index (χ3v) is 4.30. The first-order chi connectivity index (χ1) is 10.7. The van der Waals surface area contributed by atoms with Gasteiger partial charge in [-0.2, -0.15) is 0 Å². The van der Waals surface area contributed by atoms with Crippen LogP contribution in [0.3, 0.4) is 0 Å². The molecule has 2 N–H and O–H groups in total. The van der Waals surface area contributed by atoms with E-state index in [2.05, 4.69) is 40.1 Å². The van der Waals surface area contributed by atoms with Gasteiger partial charge in [-0.25, -0.2) is 0 Å². The van der Waals surface area contributed by atoms with Crippen molar-refractivity contribution in [3.63, 3.8) is 0 Å². The third kappa shape index (κ3) is 3.97. The quantitative estimate of drug-likeness (QED) is 0.921. The van der Waals surface area contributed by atoms with Crippen molar-refractivity contribution < 1.29 is 4.42 Å². The molecule has 1 saturated heterocycles. The fourth-order valence-corrected chi connectivity index (χ4v) is 2.99. The Balaban J connectivity index is 1.45. The van der Waals surface area contributed by atoms with Crippen molar-refractivity contribution in [1.29, 1.82) is 0 Å². The summed E-state index contributed by atoms with van der Waals surface area (Å²) >= 11 is 0. The Kier molecular flexibility index (Phi) is 4.93. The van der Waals surface area contributed by atoms with Crippen LogP contribution in [-0.4, -0.2) is 42.5 Å². The third-order valence-electron chi connectivity index (χ3n) is 4.30. The van der Waals surface area contributed by atoms with Gasteiger partial charge in [-0.1, -0.05) is 30.3 Å². The van der Waals surface area contributed by atoms with Crippen LogP contribution >= 0.6 is 0 Å². The van der Waals surface area contributed by atoms with Gasteiger partial charge in [0.05, 0.1) is 6.04 Å². The van der Waals surface area contributed by atoms with Gasteiger partial charge < -0.3 is 10.2 Å². The number of hydrogen-bond acceptors (Lipinski definition) is 4. The molecule has 0 aliphatic carbocycles. The van der Waals surface area contributed by atoms with E-state index in [4.69, 9.17) is 10.2 Å². The molecule has 1 aliphatic heterocycles. The second kappa shape index (κ2) is 7.09. The lowest BCUT2D eigenvalue weighted by Crippen LogP contribution is -2.47. The first-order valence-corrected chi connectivity index (χ1v) is 8.01. The van der Waals surface area contributed by atoms with Crippen molar-refractivity contribution in [3.05, 3.63) is 59.5 Å². The first kappa shape index (κ1) is 15.3. The van der Waals surface area contributed by atoms with Crippen LogP contribution in [0.5, 0.6) is 0 Å². The molecule has 0 bridgehead atoms. The largest absolute Gasteiger partial charge is 0.465 e. The molecule has 4 heteroatoms. The molecule has 4 nitrogen and oxygen atoms in total. The zero-order valence-electron chi connectivity index (χ0n) is 13.2. The van der Waals surface area contributed by atoms with Crippen molar-refractivity contribution >= 4 is 0 Å². The molecule has 1 fully saturated rings. The number of nitrogens with two attached hydrogens (primary N) is 1. The van der Waals surface area contributed by atoms with E-state index < -0.39 is 0 Å². The van der Waals surface area contributed by atoms with Gasteiger partial charge in [0, 0.05) is 39.3 Å². The normalized spacial score (nSPS) is 18.5. The molecule has 1 aromatic heterocycles. The van der Waals surface area contributed by atoms with Gasteiger partial charge in [-0.15, -0.1) is 0 Å². The predicted molar refractivity (Wildman–Crippen MR) is 88.5 cm³/mol.